The SMILES string of the molecule is CCC(=O)OCC(C(C)C)C(C)NC. The number of rotatable bonds is 6. The Kier molecular flexibility index (Phi) is 6.54. The summed E-state index contributed by atoms with van der Waals surface area (Å²) in [5, 5.41) is 3.20. The molecule has 0 aliphatic heterocycles. The Labute approximate surface area is 87.2 Å². The molecule has 0 aromatic carbocycles. The number of carbonyl (C=O) groups is 1. The molecule has 2 unspecified atom stereocenters. The first-order valence-corrected chi connectivity index (χ1v) is 5.35. The third kappa shape index (κ3) is 4.61. The molecule has 84 valence electrons. The lowest BCUT2D eigenvalue weighted by molar-refractivity contribution is -0.145. The van der Waals surface area contributed by atoms with Crippen molar-refractivity contribution in [3.63, 3.8) is 0 Å². The van der Waals surface area contributed by atoms with Crippen LogP contribution in [0.4, 0.5) is 0 Å². The molecule has 1 N–H and O–H groups in total. The van der Waals surface area contributed by atoms with Gasteiger partial charge in [-0.3, -0.25) is 4.79 Å². The van der Waals surface area contributed by atoms with Crippen LogP contribution in [0.1, 0.15) is 34.1 Å². The number of hydrogen-bond donors (Lipinski definition) is 1. The van der Waals surface area contributed by atoms with E-state index in [-0.39, 0.29) is 5.97 Å². The zero-order chi connectivity index (χ0) is 11.1. The van der Waals surface area contributed by atoms with E-state index in [0.29, 0.717) is 30.9 Å². The van der Waals surface area contributed by atoms with Crippen molar-refractivity contribution in [2.75, 3.05) is 13.7 Å². The molecular formula is C11H23NO2. The van der Waals surface area contributed by atoms with Crippen molar-refractivity contribution in [2.24, 2.45) is 11.8 Å². The first-order chi connectivity index (χ1) is 6.52. The van der Waals surface area contributed by atoms with E-state index >= 15 is 0 Å². The molecule has 0 heterocycles. The van der Waals surface area contributed by atoms with Crippen LogP contribution < -0.4 is 5.32 Å². The van der Waals surface area contributed by atoms with Gasteiger partial charge < -0.3 is 10.1 Å². The van der Waals surface area contributed by atoms with Crippen LogP contribution >= 0.6 is 0 Å². The first kappa shape index (κ1) is 13.4. The number of esters is 1. The van der Waals surface area contributed by atoms with Crippen molar-refractivity contribution in [3.05, 3.63) is 0 Å². The molecule has 0 saturated carbocycles. The van der Waals surface area contributed by atoms with Gasteiger partial charge in [0.2, 0.25) is 0 Å². The number of ether oxygens (including phenoxy) is 1. The van der Waals surface area contributed by atoms with E-state index in [1.54, 1.807) is 0 Å². The predicted molar refractivity (Wildman–Crippen MR) is 58.1 cm³/mol. The molecule has 0 saturated heterocycles. The summed E-state index contributed by atoms with van der Waals surface area (Å²) in [5.41, 5.74) is 0. The summed E-state index contributed by atoms with van der Waals surface area (Å²) in [6, 6.07) is 0.375. The van der Waals surface area contributed by atoms with E-state index in [1.807, 2.05) is 14.0 Å². The standard InChI is InChI=1S/C11H23NO2/c1-6-11(13)14-7-10(8(2)3)9(4)12-5/h8-10,12H,6-7H2,1-5H3. The van der Waals surface area contributed by atoms with Crippen molar-refractivity contribution in [1.29, 1.82) is 0 Å². The third-order valence-corrected chi connectivity index (χ3v) is 2.68. The van der Waals surface area contributed by atoms with Crippen LogP contribution in [-0.2, 0) is 9.53 Å². The van der Waals surface area contributed by atoms with Gasteiger partial charge in [0, 0.05) is 18.4 Å². The van der Waals surface area contributed by atoms with E-state index < -0.39 is 0 Å². The molecule has 0 aliphatic rings. The maximum absolute atomic E-state index is 11.0. The van der Waals surface area contributed by atoms with Crippen LogP contribution in [0.3, 0.4) is 0 Å². The zero-order valence-corrected chi connectivity index (χ0v) is 9.96. The average Bonchev–Trinajstić information content (AvgIpc) is 2.16. The number of hydrogen-bond acceptors (Lipinski definition) is 3. The van der Waals surface area contributed by atoms with Crippen molar-refractivity contribution in [1.82, 2.24) is 5.32 Å². The summed E-state index contributed by atoms with van der Waals surface area (Å²) in [6.45, 7) is 8.75. The molecule has 0 bridgehead atoms. The fraction of sp³-hybridized carbons (Fsp3) is 0.909. The quantitative estimate of drug-likeness (QED) is 0.666. The van der Waals surface area contributed by atoms with Gasteiger partial charge in [0.25, 0.3) is 0 Å². The van der Waals surface area contributed by atoms with Crippen LogP contribution in [0.2, 0.25) is 0 Å². The summed E-state index contributed by atoms with van der Waals surface area (Å²) in [7, 11) is 1.93. The lowest BCUT2D eigenvalue weighted by Crippen LogP contribution is -2.37. The molecule has 0 amide bonds. The molecule has 0 aromatic rings. The van der Waals surface area contributed by atoms with Crippen LogP contribution in [0.5, 0.6) is 0 Å². The highest BCUT2D eigenvalue weighted by Gasteiger charge is 2.20. The molecule has 0 aliphatic carbocycles. The average molecular weight is 201 g/mol. The Morgan fingerprint density at radius 2 is 1.93 bits per heavy atom. The molecule has 0 rings (SSSR count). The molecule has 3 nitrogen and oxygen atoms in total. The van der Waals surface area contributed by atoms with Crippen molar-refractivity contribution in [3.8, 4) is 0 Å². The van der Waals surface area contributed by atoms with E-state index in [4.69, 9.17) is 4.74 Å². The summed E-state index contributed by atoms with van der Waals surface area (Å²) in [6.07, 6.45) is 0.457. The largest absolute Gasteiger partial charge is 0.465 e. The van der Waals surface area contributed by atoms with E-state index in [0.717, 1.165) is 0 Å². The maximum Gasteiger partial charge on any atom is 0.305 e. The summed E-state index contributed by atoms with van der Waals surface area (Å²) >= 11 is 0. The van der Waals surface area contributed by atoms with Crippen LogP contribution in [-0.4, -0.2) is 25.7 Å². The minimum atomic E-state index is -0.112. The molecule has 0 fully saturated rings. The summed E-state index contributed by atoms with van der Waals surface area (Å²) in [5.74, 6) is 0.788. The normalized spacial score (nSPS) is 15.3. The van der Waals surface area contributed by atoms with Gasteiger partial charge in [0.15, 0.2) is 0 Å². The van der Waals surface area contributed by atoms with Gasteiger partial charge in [0.1, 0.15) is 0 Å². The topological polar surface area (TPSA) is 38.3 Å². The van der Waals surface area contributed by atoms with Gasteiger partial charge in [-0.1, -0.05) is 20.8 Å². The van der Waals surface area contributed by atoms with Gasteiger partial charge in [-0.2, -0.15) is 0 Å². The van der Waals surface area contributed by atoms with Crippen molar-refractivity contribution < 1.29 is 9.53 Å². The van der Waals surface area contributed by atoms with Crippen LogP contribution in [0.15, 0.2) is 0 Å². The Morgan fingerprint density at radius 1 is 1.36 bits per heavy atom. The highest BCUT2D eigenvalue weighted by molar-refractivity contribution is 5.68. The van der Waals surface area contributed by atoms with Gasteiger partial charge in [-0.05, 0) is 19.9 Å². The second-order valence-corrected chi connectivity index (χ2v) is 4.02. The van der Waals surface area contributed by atoms with Gasteiger partial charge >= 0.3 is 5.97 Å². The molecule has 3 heteroatoms. The van der Waals surface area contributed by atoms with Gasteiger partial charge in [-0.15, -0.1) is 0 Å². The zero-order valence-electron chi connectivity index (χ0n) is 9.96. The summed E-state index contributed by atoms with van der Waals surface area (Å²) in [4.78, 5) is 11.0. The van der Waals surface area contributed by atoms with Gasteiger partial charge in [0.05, 0.1) is 6.61 Å². The second-order valence-electron chi connectivity index (χ2n) is 4.02. The predicted octanol–water partition coefficient (Wildman–Crippen LogP) is 1.82. The molecular weight excluding hydrogens is 178 g/mol. The Morgan fingerprint density at radius 3 is 2.29 bits per heavy atom. The fourth-order valence-electron chi connectivity index (χ4n) is 1.42. The first-order valence-electron chi connectivity index (χ1n) is 5.35. The van der Waals surface area contributed by atoms with Crippen LogP contribution in [0.25, 0.3) is 0 Å². The highest BCUT2D eigenvalue weighted by atomic mass is 16.5. The van der Waals surface area contributed by atoms with Crippen molar-refractivity contribution >= 4 is 5.97 Å². The fourth-order valence-corrected chi connectivity index (χ4v) is 1.42. The molecule has 14 heavy (non-hydrogen) atoms. The minimum absolute atomic E-state index is 0.112. The summed E-state index contributed by atoms with van der Waals surface area (Å²) < 4.78 is 5.16. The molecule has 0 aromatic heterocycles. The third-order valence-electron chi connectivity index (χ3n) is 2.68. The maximum atomic E-state index is 11.0. The second kappa shape index (κ2) is 6.82. The molecule has 0 radical (unpaired) electrons. The van der Waals surface area contributed by atoms with E-state index in [2.05, 4.69) is 26.1 Å². The molecule has 2 atom stereocenters. The minimum Gasteiger partial charge on any atom is -0.465 e. The van der Waals surface area contributed by atoms with E-state index in [9.17, 15) is 4.79 Å². The monoisotopic (exact) mass is 201 g/mol. The Hall–Kier alpha value is -0.570. The lowest BCUT2D eigenvalue weighted by Gasteiger charge is -2.26. The number of nitrogens with one attached hydrogen (secondary N) is 1. The van der Waals surface area contributed by atoms with Gasteiger partial charge in [-0.25, -0.2) is 0 Å². The highest BCUT2D eigenvalue weighted by Crippen LogP contribution is 2.15. The Bertz CT molecular complexity index is 169. The Balaban J connectivity index is 4.04. The van der Waals surface area contributed by atoms with Crippen molar-refractivity contribution in [2.45, 2.75) is 40.2 Å². The molecule has 0 spiro atoms. The van der Waals surface area contributed by atoms with E-state index in [1.165, 1.54) is 0 Å². The smallest absolute Gasteiger partial charge is 0.305 e. The lowest BCUT2D eigenvalue weighted by atomic mass is 9.90. The van der Waals surface area contributed by atoms with Crippen LogP contribution in [0, 0.1) is 11.8 Å². The number of carbonyl (C=O) groups excluding carboxylic acids is 1.